The SMILES string of the molecule is CC=O.CN(C)N(Cc1nc2ccccc2n1C(F)F)C(=O)c1ccc2nc(N)c3cnn(C)c3c2c1. The molecular weight excluding hydrogens is 482 g/mol. The summed E-state index contributed by atoms with van der Waals surface area (Å²) in [6.07, 6.45) is 2.38. The van der Waals surface area contributed by atoms with Crippen molar-refractivity contribution >= 4 is 50.9 Å². The quantitative estimate of drug-likeness (QED) is 0.284. The molecule has 12 heteroatoms. The zero-order valence-corrected chi connectivity index (χ0v) is 20.8. The number of amides is 1. The van der Waals surface area contributed by atoms with E-state index in [9.17, 15) is 13.6 Å². The molecule has 0 saturated carbocycles. The monoisotopic (exact) mass is 508 g/mol. The summed E-state index contributed by atoms with van der Waals surface area (Å²) >= 11 is 0. The van der Waals surface area contributed by atoms with Gasteiger partial charge in [0.2, 0.25) is 0 Å². The van der Waals surface area contributed by atoms with E-state index in [2.05, 4.69) is 15.1 Å². The maximum absolute atomic E-state index is 13.9. The number of nitrogens with two attached hydrogens (primary N) is 1. The minimum absolute atomic E-state index is 0.0857. The molecule has 0 unspecified atom stereocenters. The standard InChI is InChI=1S/C23H22F2N8O.C2H4O/c1-30(2)32(12-19-28-17-6-4-5-7-18(17)33(19)23(24)25)22(34)13-8-9-16-14(10-13)20-15(21(26)29-16)11-27-31(20)3;1-2-3/h4-11,23H,12H2,1-3H3,(H2,26,29);2H,1H3. The molecule has 2 N–H and O–H groups in total. The van der Waals surface area contributed by atoms with Gasteiger partial charge in [-0.15, -0.1) is 0 Å². The van der Waals surface area contributed by atoms with Gasteiger partial charge in [-0.25, -0.2) is 15.0 Å². The van der Waals surface area contributed by atoms with Crippen molar-refractivity contribution in [2.45, 2.75) is 20.0 Å². The third kappa shape index (κ3) is 4.70. The number of rotatable bonds is 5. The van der Waals surface area contributed by atoms with Crippen LogP contribution in [0.3, 0.4) is 0 Å². The Morgan fingerprint density at radius 2 is 1.81 bits per heavy atom. The van der Waals surface area contributed by atoms with Gasteiger partial charge in [0, 0.05) is 32.1 Å². The molecule has 5 rings (SSSR count). The van der Waals surface area contributed by atoms with Crippen molar-refractivity contribution in [1.29, 1.82) is 0 Å². The van der Waals surface area contributed by atoms with E-state index in [4.69, 9.17) is 10.5 Å². The predicted octanol–water partition coefficient (Wildman–Crippen LogP) is 3.77. The lowest BCUT2D eigenvalue weighted by molar-refractivity contribution is -0.106. The number of para-hydroxylation sites is 2. The minimum atomic E-state index is -2.79. The zero-order chi connectivity index (χ0) is 26.9. The van der Waals surface area contributed by atoms with Crippen LogP contribution in [-0.2, 0) is 18.4 Å². The highest BCUT2D eigenvalue weighted by atomic mass is 19.3. The van der Waals surface area contributed by atoms with Crippen molar-refractivity contribution in [3.05, 3.63) is 60.0 Å². The normalized spacial score (nSPS) is 11.4. The van der Waals surface area contributed by atoms with Crippen LogP contribution in [0.15, 0.2) is 48.7 Å². The Kier molecular flexibility index (Phi) is 7.11. The molecule has 0 atom stereocenters. The summed E-state index contributed by atoms with van der Waals surface area (Å²) in [6.45, 7) is -1.49. The lowest BCUT2D eigenvalue weighted by Crippen LogP contribution is -2.42. The van der Waals surface area contributed by atoms with Gasteiger partial charge in [-0.05, 0) is 37.3 Å². The molecule has 0 spiro atoms. The van der Waals surface area contributed by atoms with Gasteiger partial charge in [-0.1, -0.05) is 12.1 Å². The molecular formula is C25H26F2N8O2. The number of nitrogen functional groups attached to an aromatic ring is 1. The lowest BCUT2D eigenvalue weighted by atomic mass is 10.1. The Morgan fingerprint density at radius 3 is 2.49 bits per heavy atom. The van der Waals surface area contributed by atoms with Crippen molar-refractivity contribution in [3.63, 3.8) is 0 Å². The maximum atomic E-state index is 13.9. The second kappa shape index (κ2) is 10.3. The molecule has 0 radical (unpaired) electrons. The number of fused-ring (bicyclic) bond motifs is 4. The van der Waals surface area contributed by atoms with E-state index in [-0.39, 0.29) is 18.3 Å². The van der Waals surface area contributed by atoms with Gasteiger partial charge in [0.25, 0.3) is 5.91 Å². The molecule has 0 aliphatic rings. The second-order valence-corrected chi connectivity index (χ2v) is 8.37. The largest absolute Gasteiger partial charge is 0.383 e. The van der Waals surface area contributed by atoms with Crippen LogP contribution in [0.1, 0.15) is 29.7 Å². The second-order valence-electron chi connectivity index (χ2n) is 8.37. The van der Waals surface area contributed by atoms with Gasteiger partial charge >= 0.3 is 6.55 Å². The van der Waals surface area contributed by atoms with Crippen molar-refractivity contribution in [2.24, 2.45) is 7.05 Å². The fraction of sp³-hybridized carbons (Fsp3) is 0.240. The van der Waals surface area contributed by atoms with Crippen molar-refractivity contribution in [2.75, 3.05) is 19.8 Å². The number of imidazole rings is 1. The van der Waals surface area contributed by atoms with E-state index >= 15 is 0 Å². The number of aryl methyl sites for hydroxylation is 1. The first-order valence-electron chi connectivity index (χ1n) is 11.3. The Morgan fingerprint density at radius 1 is 1.11 bits per heavy atom. The Labute approximate surface area is 210 Å². The summed E-state index contributed by atoms with van der Waals surface area (Å²) in [5.74, 6) is 0.0740. The summed E-state index contributed by atoms with van der Waals surface area (Å²) in [5.41, 5.74) is 8.57. The number of carbonyl (C=O) groups excluding carboxylic acids is 2. The molecule has 0 bridgehead atoms. The van der Waals surface area contributed by atoms with Crippen LogP contribution in [0.4, 0.5) is 14.6 Å². The van der Waals surface area contributed by atoms with Crippen LogP contribution in [-0.4, -0.2) is 60.6 Å². The Hall–Kier alpha value is -4.45. The van der Waals surface area contributed by atoms with Crippen LogP contribution in [0.2, 0.25) is 0 Å². The lowest BCUT2D eigenvalue weighted by Gasteiger charge is -2.29. The fourth-order valence-corrected chi connectivity index (χ4v) is 4.19. The summed E-state index contributed by atoms with van der Waals surface area (Å²) in [7, 11) is 5.14. The molecule has 2 aromatic carbocycles. The van der Waals surface area contributed by atoms with Gasteiger partial charge in [0.1, 0.15) is 17.9 Å². The molecule has 0 aliphatic carbocycles. The Bertz CT molecular complexity index is 1610. The van der Waals surface area contributed by atoms with Crippen molar-refractivity contribution in [1.82, 2.24) is 34.3 Å². The number of aldehydes is 1. The molecule has 1 amide bonds. The minimum Gasteiger partial charge on any atom is -0.383 e. The van der Waals surface area contributed by atoms with Gasteiger partial charge in [-0.2, -0.15) is 13.9 Å². The van der Waals surface area contributed by atoms with Gasteiger partial charge < -0.3 is 10.5 Å². The molecule has 0 saturated heterocycles. The molecule has 5 aromatic rings. The molecule has 3 aromatic heterocycles. The molecule has 0 fully saturated rings. The topological polar surface area (TPSA) is 115 Å². The number of carbonyl (C=O) groups is 2. The number of hydrazine groups is 1. The van der Waals surface area contributed by atoms with E-state index in [0.29, 0.717) is 38.7 Å². The van der Waals surface area contributed by atoms with E-state index < -0.39 is 6.55 Å². The van der Waals surface area contributed by atoms with Gasteiger partial charge in [0.05, 0.1) is 40.2 Å². The number of halogens is 2. The van der Waals surface area contributed by atoms with E-state index in [1.807, 2.05) is 0 Å². The van der Waals surface area contributed by atoms with E-state index in [0.717, 1.165) is 16.4 Å². The first-order chi connectivity index (χ1) is 17.7. The van der Waals surface area contributed by atoms with Gasteiger partial charge in [0.15, 0.2) is 0 Å². The number of anilines is 1. The van der Waals surface area contributed by atoms with Crippen molar-refractivity contribution < 1.29 is 18.4 Å². The number of hydrogen-bond donors (Lipinski definition) is 1. The number of nitrogens with zero attached hydrogens (tertiary/aromatic N) is 7. The third-order valence-electron chi connectivity index (χ3n) is 5.83. The summed E-state index contributed by atoms with van der Waals surface area (Å²) < 4.78 is 30.4. The highest BCUT2D eigenvalue weighted by Gasteiger charge is 2.25. The maximum Gasteiger partial charge on any atom is 0.320 e. The molecule has 10 nitrogen and oxygen atoms in total. The smallest absolute Gasteiger partial charge is 0.320 e. The summed E-state index contributed by atoms with van der Waals surface area (Å²) in [4.78, 5) is 31.1. The predicted molar refractivity (Wildman–Crippen MR) is 137 cm³/mol. The first kappa shape index (κ1) is 25.6. The molecule has 192 valence electrons. The average molecular weight is 509 g/mol. The van der Waals surface area contributed by atoms with E-state index in [1.165, 1.54) is 11.9 Å². The highest BCUT2D eigenvalue weighted by Crippen LogP contribution is 2.29. The number of benzene rings is 2. The Balaban J connectivity index is 0.00000102. The van der Waals surface area contributed by atoms with Crippen LogP contribution in [0.5, 0.6) is 0 Å². The summed E-state index contributed by atoms with van der Waals surface area (Å²) in [5, 5.41) is 8.59. The molecule has 37 heavy (non-hydrogen) atoms. The van der Waals surface area contributed by atoms with Crippen molar-refractivity contribution in [3.8, 4) is 0 Å². The average Bonchev–Trinajstić information content (AvgIpc) is 3.43. The van der Waals surface area contributed by atoms with Crippen LogP contribution < -0.4 is 5.73 Å². The molecule has 3 heterocycles. The fourth-order valence-electron chi connectivity index (χ4n) is 4.19. The van der Waals surface area contributed by atoms with E-state index in [1.54, 1.807) is 79.5 Å². The number of alkyl halides is 2. The van der Waals surface area contributed by atoms with Crippen LogP contribution >= 0.6 is 0 Å². The third-order valence-corrected chi connectivity index (χ3v) is 5.83. The number of aromatic nitrogens is 5. The molecule has 0 aliphatic heterocycles. The zero-order valence-electron chi connectivity index (χ0n) is 20.8. The summed E-state index contributed by atoms with van der Waals surface area (Å²) in [6, 6.07) is 11.7. The number of pyridine rings is 1. The van der Waals surface area contributed by atoms with Crippen LogP contribution in [0, 0.1) is 0 Å². The van der Waals surface area contributed by atoms with Crippen LogP contribution in [0.25, 0.3) is 32.8 Å². The number of hydrogen-bond acceptors (Lipinski definition) is 7. The first-order valence-corrected chi connectivity index (χ1v) is 11.3. The van der Waals surface area contributed by atoms with Gasteiger partial charge in [-0.3, -0.25) is 19.1 Å². The highest BCUT2D eigenvalue weighted by molar-refractivity contribution is 6.10.